The number of amides is 1. The minimum absolute atomic E-state index is 0.0668. The molecule has 1 saturated carbocycles. The van der Waals surface area contributed by atoms with E-state index in [1.807, 2.05) is 0 Å². The molecular formula is C26H52N2O2. The minimum Gasteiger partial charge on any atom is -0.391 e. The third-order valence-corrected chi connectivity index (χ3v) is 6.57. The molecule has 1 aliphatic rings. The summed E-state index contributed by atoms with van der Waals surface area (Å²) in [5, 5.41) is 18.0. The first-order chi connectivity index (χ1) is 14.0. The summed E-state index contributed by atoms with van der Waals surface area (Å²) in [6.07, 6.45) is 10.0. The van der Waals surface area contributed by atoms with E-state index in [0.29, 0.717) is 24.8 Å². The van der Waals surface area contributed by atoms with Crippen LogP contribution in [0, 0.1) is 29.1 Å². The lowest BCUT2D eigenvalue weighted by atomic mass is 9.81. The maximum Gasteiger partial charge on any atom is 0.223 e. The average molecular weight is 425 g/mol. The van der Waals surface area contributed by atoms with E-state index in [1.54, 1.807) is 0 Å². The van der Waals surface area contributed by atoms with Crippen LogP contribution in [0.5, 0.6) is 0 Å². The zero-order chi connectivity index (χ0) is 22.7. The molecule has 3 N–H and O–H groups in total. The van der Waals surface area contributed by atoms with E-state index in [1.165, 1.54) is 38.5 Å². The van der Waals surface area contributed by atoms with Gasteiger partial charge in [-0.2, -0.15) is 0 Å². The Labute approximate surface area is 187 Å². The van der Waals surface area contributed by atoms with Crippen LogP contribution in [0.15, 0.2) is 0 Å². The molecule has 178 valence electrons. The van der Waals surface area contributed by atoms with Crippen LogP contribution < -0.4 is 10.6 Å². The zero-order valence-corrected chi connectivity index (χ0v) is 21.1. The van der Waals surface area contributed by atoms with Gasteiger partial charge in [0.15, 0.2) is 0 Å². The molecule has 0 aliphatic heterocycles. The number of hydrogen-bond acceptors (Lipinski definition) is 3. The summed E-state index contributed by atoms with van der Waals surface area (Å²) in [5.41, 5.74) is 0.0668. The molecule has 30 heavy (non-hydrogen) atoms. The minimum atomic E-state index is -0.473. The molecule has 0 aromatic carbocycles. The Balaban J connectivity index is 2.71. The van der Waals surface area contributed by atoms with E-state index in [-0.39, 0.29) is 29.2 Å². The molecule has 1 fully saturated rings. The molecule has 0 heterocycles. The van der Waals surface area contributed by atoms with Crippen molar-refractivity contribution in [2.24, 2.45) is 29.1 Å². The topological polar surface area (TPSA) is 61.4 Å². The van der Waals surface area contributed by atoms with Crippen molar-refractivity contribution in [1.82, 2.24) is 10.6 Å². The van der Waals surface area contributed by atoms with Gasteiger partial charge in [-0.25, -0.2) is 0 Å². The van der Waals surface area contributed by atoms with Crippen LogP contribution >= 0.6 is 0 Å². The highest BCUT2D eigenvalue weighted by Gasteiger charge is 2.31. The smallest absolute Gasteiger partial charge is 0.223 e. The van der Waals surface area contributed by atoms with E-state index in [2.05, 4.69) is 59.1 Å². The standard InChI is InChI=1S/C26H52N2O2/c1-19(2)12-11-15-27-23(16-21-13-9-8-10-14-21)24(29)17-22(20(3)4)25(30)28-18-26(5,6)7/h19-24,27,29H,8-18H2,1-7H3,(H,28,30). The quantitative estimate of drug-likeness (QED) is 0.340. The highest BCUT2D eigenvalue weighted by atomic mass is 16.3. The van der Waals surface area contributed by atoms with Crippen molar-refractivity contribution >= 4 is 5.91 Å². The van der Waals surface area contributed by atoms with Gasteiger partial charge in [-0.3, -0.25) is 4.79 Å². The predicted octanol–water partition coefficient (Wildman–Crippen LogP) is 5.54. The maximum atomic E-state index is 12.9. The third kappa shape index (κ3) is 11.7. The molecule has 0 radical (unpaired) electrons. The summed E-state index contributed by atoms with van der Waals surface area (Å²) in [6.45, 7) is 16.7. The van der Waals surface area contributed by atoms with Crippen molar-refractivity contribution in [3.8, 4) is 0 Å². The first kappa shape index (κ1) is 27.4. The van der Waals surface area contributed by atoms with Crippen LogP contribution in [-0.2, 0) is 4.79 Å². The average Bonchev–Trinajstić information content (AvgIpc) is 2.66. The zero-order valence-electron chi connectivity index (χ0n) is 21.1. The monoisotopic (exact) mass is 424 g/mol. The summed E-state index contributed by atoms with van der Waals surface area (Å²) < 4.78 is 0. The first-order valence-corrected chi connectivity index (χ1v) is 12.7. The van der Waals surface area contributed by atoms with Crippen molar-refractivity contribution < 1.29 is 9.90 Å². The first-order valence-electron chi connectivity index (χ1n) is 12.7. The van der Waals surface area contributed by atoms with Gasteiger partial charge >= 0.3 is 0 Å². The van der Waals surface area contributed by atoms with Crippen LogP contribution in [-0.4, -0.2) is 36.2 Å². The van der Waals surface area contributed by atoms with Gasteiger partial charge in [-0.05, 0) is 55.4 Å². The largest absolute Gasteiger partial charge is 0.391 e. The fraction of sp³-hybridized carbons (Fsp3) is 0.962. The van der Waals surface area contributed by atoms with Gasteiger partial charge in [0.1, 0.15) is 0 Å². The summed E-state index contributed by atoms with van der Waals surface area (Å²) in [7, 11) is 0. The van der Waals surface area contributed by atoms with Gasteiger partial charge in [0.05, 0.1) is 6.10 Å². The number of aliphatic hydroxyl groups excluding tert-OH is 1. The van der Waals surface area contributed by atoms with Crippen molar-refractivity contribution in [2.45, 2.75) is 118 Å². The lowest BCUT2D eigenvalue weighted by molar-refractivity contribution is -0.128. The number of rotatable bonds is 13. The molecule has 3 unspecified atom stereocenters. The van der Waals surface area contributed by atoms with Gasteiger partial charge in [0.2, 0.25) is 5.91 Å². The van der Waals surface area contributed by atoms with Gasteiger partial charge < -0.3 is 15.7 Å². The molecule has 0 bridgehead atoms. The van der Waals surface area contributed by atoms with Crippen LogP contribution in [0.2, 0.25) is 0 Å². The predicted molar refractivity (Wildman–Crippen MR) is 128 cm³/mol. The summed E-state index contributed by atoms with van der Waals surface area (Å²) in [6, 6.07) is 0.0944. The molecule has 3 atom stereocenters. The Morgan fingerprint density at radius 2 is 1.70 bits per heavy atom. The normalized spacial score (nSPS) is 19.1. The molecule has 1 aliphatic carbocycles. The van der Waals surface area contributed by atoms with Gasteiger partial charge in [-0.1, -0.05) is 80.6 Å². The van der Waals surface area contributed by atoms with E-state index < -0.39 is 6.10 Å². The molecule has 0 aromatic rings. The second-order valence-corrected chi connectivity index (χ2v) is 11.8. The number of hydrogen-bond donors (Lipinski definition) is 3. The Morgan fingerprint density at radius 3 is 2.23 bits per heavy atom. The molecule has 0 aromatic heterocycles. The summed E-state index contributed by atoms with van der Waals surface area (Å²) >= 11 is 0. The summed E-state index contributed by atoms with van der Waals surface area (Å²) in [4.78, 5) is 12.9. The molecular weight excluding hydrogens is 372 g/mol. The van der Waals surface area contributed by atoms with Crippen molar-refractivity contribution in [2.75, 3.05) is 13.1 Å². The van der Waals surface area contributed by atoms with E-state index in [9.17, 15) is 9.90 Å². The number of carbonyl (C=O) groups excluding carboxylic acids is 1. The SMILES string of the molecule is CC(C)CCCNC(CC1CCCCC1)C(O)CC(C(=O)NCC(C)(C)C)C(C)C. The number of nitrogens with one attached hydrogen (secondary N) is 2. The molecule has 4 heteroatoms. The van der Waals surface area contributed by atoms with E-state index >= 15 is 0 Å². The van der Waals surface area contributed by atoms with Crippen LogP contribution in [0.25, 0.3) is 0 Å². The highest BCUT2D eigenvalue weighted by molar-refractivity contribution is 5.78. The molecule has 0 saturated heterocycles. The molecule has 0 spiro atoms. The van der Waals surface area contributed by atoms with Gasteiger partial charge in [0.25, 0.3) is 0 Å². The Bertz CT molecular complexity index is 464. The van der Waals surface area contributed by atoms with E-state index in [4.69, 9.17) is 0 Å². The van der Waals surface area contributed by atoms with Gasteiger partial charge in [-0.15, -0.1) is 0 Å². The number of aliphatic hydroxyl groups is 1. The maximum absolute atomic E-state index is 12.9. The van der Waals surface area contributed by atoms with Crippen LogP contribution in [0.4, 0.5) is 0 Å². The Hall–Kier alpha value is -0.610. The second-order valence-electron chi connectivity index (χ2n) is 11.8. The van der Waals surface area contributed by atoms with Crippen LogP contribution in [0.1, 0.15) is 106 Å². The number of carbonyl (C=O) groups is 1. The fourth-order valence-electron chi connectivity index (χ4n) is 4.55. The van der Waals surface area contributed by atoms with Crippen LogP contribution in [0.3, 0.4) is 0 Å². The third-order valence-electron chi connectivity index (χ3n) is 6.57. The fourth-order valence-corrected chi connectivity index (χ4v) is 4.55. The lowest BCUT2D eigenvalue weighted by Gasteiger charge is -2.33. The molecule has 1 amide bonds. The highest BCUT2D eigenvalue weighted by Crippen LogP contribution is 2.29. The van der Waals surface area contributed by atoms with Gasteiger partial charge in [0, 0.05) is 18.5 Å². The van der Waals surface area contributed by atoms with Crippen molar-refractivity contribution in [3.63, 3.8) is 0 Å². The van der Waals surface area contributed by atoms with Crippen molar-refractivity contribution in [3.05, 3.63) is 0 Å². The molecule has 1 rings (SSSR count). The second kappa shape index (κ2) is 13.7. The Morgan fingerprint density at radius 1 is 1.07 bits per heavy atom. The molecule has 4 nitrogen and oxygen atoms in total. The Kier molecular flexibility index (Phi) is 12.5. The summed E-state index contributed by atoms with van der Waals surface area (Å²) in [5.74, 6) is 1.59. The van der Waals surface area contributed by atoms with Crippen molar-refractivity contribution in [1.29, 1.82) is 0 Å². The lowest BCUT2D eigenvalue weighted by Crippen LogP contribution is -2.46. The van der Waals surface area contributed by atoms with E-state index in [0.717, 1.165) is 19.4 Å².